The van der Waals surface area contributed by atoms with Gasteiger partial charge in [-0.05, 0) is 83.9 Å². The van der Waals surface area contributed by atoms with E-state index in [1.54, 1.807) is 30.5 Å². The number of carbonyl (C=O) groups excluding carboxylic acids is 2. The number of allylic oxidation sites excluding steroid dienone is 4. The fourth-order valence-corrected chi connectivity index (χ4v) is 10.3. The first-order valence-electron chi connectivity index (χ1n) is 20.3. The molecule has 0 aromatic heterocycles. The summed E-state index contributed by atoms with van der Waals surface area (Å²) in [5.74, 6) is -0.421. The third-order valence-corrected chi connectivity index (χ3v) is 13.3. The van der Waals surface area contributed by atoms with Gasteiger partial charge in [-0.15, -0.1) is 0 Å². The van der Waals surface area contributed by atoms with Gasteiger partial charge in [-0.3, -0.25) is 9.59 Å². The standard InChI is InChI=1S/C46H44N2O11/c1-56-35-17-30-28-14-13-23-8-6-11-25(23)37(28)39(33(50)20-48-19-24-7-2-3-9-26(24)44(48)54)41(52)38(30)42-29(35)15-16-34(31-18-47-32-12-5-4-10-27(31)32)57-21-36-40(51)43(53)46(55,22-49)45(58-36)59-42/h2-5,7,9-10,12,15-18,23,25,34,36,40,43,45,49,51,53,55H,6,8,11,13-14,19-22H2,1H3/p+1. The van der Waals surface area contributed by atoms with Crippen LogP contribution in [0.4, 0.5) is 0 Å². The molecule has 304 valence electrons. The molecule has 1 saturated carbocycles. The van der Waals surface area contributed by atoms with Gasteiger partial charge in [0, 0.05) is 36.8 Å². The molecule has 7 aliphatic rings. The molecule has 3 aromatic rings. The molecule has 5 N–H and O–H groups in total. The maximum Gasteiger partial charge on any atom is 0.254 e. The highest BCUT2D eigenvalue weighted by Crippen LogP contribution is 2.55. The van der Waals surface area contributed by atoms with Crippen molar-refractivity contribution in [3.05, 3.63) is 111 Å². The van der Waals surface area contributed by atoms with E-state index in [1.807, 2.05) is 42.8 Å². The number of methoxy groups -OCH3 is 1. The van der Waals surface area contributed by atoms with E-state index in [2.05, 4.69) is 4.99 Å². The predicted octanol–water partition coefficient (Wildman–Crippen LogP) is 4.22. The van der Waals surface area contributed by atoms with Gasteiger partial charge in [0.15, 0.2) is 17.1 Å². The zero-order valence-corrected chi connectivity index (χ0v) is 32.4. The van der Waals surface area contributed by atoms with Crippen LogP contribution in [0.5, 0.6) is 17.2 Å². The van der Waals surface area contributed by atoms with Crippen molar-refractivity contribution >= 4 is 34.8 Å². The Kier molecular flexibility index (Phi) is 9.31. The van der Waals surface area contributed by atoms with Crippen LogP contribution in [0.2, 0.25) is 0 Å². The van der Waals surface area contributed by atoms with Gasteiger partial charge >= 0.3 is 0 Å². The second-order valence-corrected chi connectivity index (χ2v) is 16.5. The number of nitrogens with zero attached hydrogens (tertiary/aromatic N) is 2. The van der Waals surface area contributed by atoms with Crippen molar-refractivity contribution in [3.63, 3.8) is 0 Å². The first kappa shape index (κ1) is 38.0. The van der Waals surface area contributed by atoms with Crippen molar-refractivity contribution in [2.45, 2.75) is 80.9 Å². The highest BCUT2D eigenvalue weighted by Gasteiger charge is 2.57. The molecule has 13 heteroatoms. The van der Waals surface area contributed by atoms with Crippen LogP contribution in [-0.4, -0.2) is 112 Å². The van der Waals surface area contributed by atoms with Gasteiger partial charge in [0.2, 0.25) is 6.29 Å². The fourth-order valence-electron chi connectivity index (χ4n) is 10.3. The average molecular weight is 802 g/mol. The van der Waals surface area contributed by atoms with E-state index < -0.39 is 48.7 Å². The van der Waals surface area contributed by atoms with Gasteiger partial charge in [-0.1, -0.05) is 24.6 Å². The van der Waals surface area contributed by atoms with Crippen LogP contribution in [0.1, 0.15) is 74.6 Å². The molecular weight excluding hydrogens is 757 g/mol. The Hall–Kier alpha value is -5.28. The number of phenolic OH excluding ortho intramolecular Hbond substituents is 1. The summed E-state index contributed by atoms with van der Waals surface area (Å²) in [5, 5.41) is 58.5. The van der Waals surface area contributed by atoms with E-state index in [9.17, 15) is 35.1 Å². The monoisotopic (exact) mass is 801 g/mol. The molecule has 3 aliphatic carbocycles. The minimum Gasteiger partial charge on any atom is -0.506 e. The van der Waals surface area contributed by atoms with Gasteiger partial charge in [-0.2, -0.15) is 4.99 Å². The maximum absolute atomic E-state index is 14.9. The lowest BCUT2D eigenvalue weighted by molar-refractivity contribution is -0.329. The number of aromatic hydroxyl groups is 1. The number of benzene rings is 3. The molecule has 59 heavy (non-hydrogen) atoms. The zero-order chi connectivity index (χ0) is 40.7. The summed E-state index contributed by atoms with van der Waals surface area (Å²) in [7, 11) is 1.50. The molecule has 3 aromatic carbocycles. The van der Waals surface area contributed by atoms with Crippen LogP contribution in [0.25, 0.3) is 16.8 Å². The number of amides is 1. The van der Waals surface area contributed by atoms with Crippen LogP contribution in [-0.2, 0) is 22.4 Å². The second kappa shape index (κ2) is 14.5. The third-order valence-electron chi connectivity index (χ3n) is 13.3. The molecule has 2 fully saturated rings. The van der Waals surface area contributed by atoms with E-state index in [1.165, 1.54) is 12.0 Å². The number of ether oxygens (including phenoxy) is 4. The minimum absolute atomic E-state index is 0.00737. The Balaban J connectivity index is 1.19. The van der Waals surface area contributed by atoms with Crippen LogP contribution in [0.3, 0.4) is 0 Å². The predicted molar refractivity (Wildman–Crippen MR) is 215 cm³/mol. The SMILES string of the molecule is COc1cc2c3c(c(C(=O)CN4Cc5ccccc5C4=O)c(O)c2c2c1C=CC(C1=C4[CH+]C=CC=C4N=C1)OCC1OC(O2)C(O)(CO)C(O)C1O)C1CCCC1CC3. The highest BCUT2D eigenvalue weighted by molar-refractivity contribution is 6.13. The molecule has 4 heterocycles. The van der Waals surface area contributed by atoms with E-state index in [4.69, 9.17) is 18.9 Å². The van der Waals surface area contributed by atoms with E-state index >= 15 is 0 Å². The molecule has 8 unspecified atom stereocenters. The molecular formula is C46H45N2O11+. The van der Waals surface area contributed by atoms with Gasteiger partial charge < -0.3 is 49.4 Å². The average Bonchev–Trinajstić information content (AvgIpc) is 3.98. The summed E-state index contributed by atoms with van der Waals surface area (Å²) >= 11 is 0. The number of aryl methyl sites for hydroxylation is 1. The maximum atomic E-state index is 14.9. The molecule has 10 rings (SSSR count). The number of aliphatic hydroxyl groups is 4. The first-order chi connectivity index (χ1) is 28.6. The Morgan fingerprint density at radius 1 is 1.17 bits per heavy atom. The van der Waals surface area contributed by atoms with Crippen LogP contribution in [0.15, 0.2) is 76.5 Å². The molecule has 0 spiro atoms. The Labute approximate surface area is 340 Å². The van der Waals surface area contributed by atoms with Gasteiger partial charge in [0.25, 0.3) is 5.91 Å². The Morgan fingerprint density at radius 3 is 2.83 bits per heavy atom. The van der Waals surface area contributed by atoms with Crippen LogP contribution in [0, 0.1) is 12.3 Å². The molecule has 4 aliphatic heterocycles. The quantitative estimate of drug-likeness (QED) is 0.178. The van der Waals surface area contributed by atoms with E-state index in [0.29, 0.717) is 34.6 Å². The molecule has 2 bridgehead atoms. The normalized spacial score (nSPS) is 30.5. The number of aliphatic hydroxyl groups excluding tert-OH is 3. The minimum atomic E-state index is -2.55. The number of Topliss-reactive ketones (excluding diaryl/α,β-unsaturated/α-hetero) is 1. The third kappa shape index (κ3) is 5.89. The molecule has 0 radical (unpaired) electrons. The van der Waals surface area contributed by atoms with Crippen molar-refractivity contribution in [1.82, 2.24) is 4.90 Å². The van der Waals surface area contributed by atoms with Gasteiger partial charge in [0.05, 0.1) is 55.2 Å². The van der Waals surface area contributed by atoms with Crippen LogP contribution < -0.4 is 9.47 Å². The highest BCUT2D eigenvalue weighted by atomic mass is 16.7. The number of phenols is 1. The Bertz CT molecular complexity index is 2450. The molecule has 8 atom stereocenters. The smallest absolute Gasteiger partial charge is 0.254 e. The number of hydrogen-bond donors (Lipinski definition) is 5. The number of ketones is 1. The van der Waals surface area contributed by atoms with Crippen LogP contribution >= 0.6 is 0 Å². The van der Waals surface area contributed by atoms with Gasteiger partial charge in [0.1, 0.15) is 47.2 Å². The van der Waals surface area contributed by atoms with Crippen molar-refractivity contribution in [1.29, 1.82) is 0 Å². The van der Waals surface area contributed by atoms with Gasteiger partial charge in [-0.25, -0.2) is 0 Å². The summed E-state index contributed by atoms with van der Waals surface area (Å²) in [4.78, 5) is 34.5. The van der Waals surface area contributed by atoms with Crippen molar-refractivity contribution in [3.8, 4) is 17.2 Å². The first-order valence-corrected chi connectivity index (χ1v) is 20.3. The summed E-state index contributed by atoms with van der Waals surface area (Å²) < 4.78 is 25.3. The summed E-state index contributed by atoms with van der Waals surface area (Å²) in [6.07, 6.45) is 9.53. The lowest BCUT2D eigenvalue weighted by Gasteiger charge is -2.47. The van der Waals surface area contributed by atoms with Crippen molar-refractivity contribution < 1.29 is 54.1 Å². The van der Waals surface area contributed by atoms with Crippen molar-refractivity contribution in [2.75, 3.05) is 26.9 Å². The molecule has 1 amide bonds. The van der Waals surface area contributed by atoms with Crippen molar-refractivity contribution in [2.24, 2.45) is 10.9 Å². The molecule has 13 nitrogen and oxygen atoms in total. The summed E-state index contributed by atoms with van der Waals surface area (Å²) in [6, 6.07) is 9.08. The van der Waals surface area contributed by atoms with E-state index in [-0.39, 0.29) is 59.5 Å². The summed E-state index contributed by atoms with van der Waals surface area (Å²) in [5.41, 5.74) is 3.14. The number of carbonyl (C=O) groups is 2. The number of hydrogen-bond acceptors (Lipinski definition) is 12. The second-order valence-electron chi connectivity index (χ2n) is 16.5. The molecule has 1 saturated heterocycles. The number of fused-ring (bicyclic) bond motifs is 11. The Morgan fingerprint density at radius 2 is 2.02 bits per heavy atom. The topological polar surface area (TPSA) is 188 Å². The zero-order valence-electron chi connectivity index (χ0n) is 32.4. The summed E-state index contributed by atoms with van der Waals surface area (Å²) in [6.45, 7) is -1.33. The fraction of sp³-hybridized carbons (Fsp3) is 0.391. The number of rotatable bonds is 6. The lowest BCUT2D eigenvalue weighted by atomic mass is 9.72. The largest absolute Gasteiger partial charge is 0.506 e. The number of aliphatic imine (C=N–C) groups is 1. The van der Waals surface area contributed by atoms with E-state index in [0.717, 1.165) is 53.6 Å². The lowest BCUT2D eigenvalue weighted by Crippen LogP contribution is -2.69.